The number of nitrogens with zero attached hydrogens (tertiary/aromatic N) is 3. The predicted octanol–water partition coefficient (Wildman–Crippen LogP) is 3.01. The fraction of sp³-hybridized carbons (Fsp3) is 0.0714. The molecule has 1 N–H and O–H groups in total. The van der Waals surface area contributed by atoms with Crippen molar-refractivity contribution in [2.24, 2.45) is 0 Å². The van der Waals surface area contributed by atoms with Crippen LogP contribution in [-0.2, 0) is 6.54 Å². The highest BCUT2D eigenvalue weighted by atomic mass is 32.1. The molecule has 5 heteroatoms. The summed E-state index contributed by atoms with van der Waals surface area (Å²) in [5, 5.41) is 8.92. The third-order valence-corrected chi connectivity index (χ3v) is 3.29. The van der Waals surface area contributed by atoms with Crippen LogP contribution in [0.2, 0.25) is 0 Å². The number of benzene rings is 1. The van der Waals surface area contributed by atoms with Crippen LogP contribution in [0.25, 0.3) is 11.0 Å². The van der Waals surface area contributed by atoms with E-state index in [4.69, 9.17) is 17.5 Å². The first-order valence-electron chi connectivity index (χ1n) is 5.79. The van der Waals surface area contributed by atoms with E-state index in [1.165, 1.54) is 0 Å². The standard InChI is InChI=1S/C14H10N4S/c15-7-10-2-1-3-11(6-10)9-18-13-4-5-16-8-12(13)17-14(18)19/h1-6,8H,9H2,(H,17,19). The molecule has 2 heterocycles. The fourth-order valence-electron chi connectivity index (χ4n) is 2.09. The molecule has 2 aromatic heterocycles. The third-order valence-electron chi connectivity index (χ3n) is 2.97. The van der Waals surface area contributed by atoms with E-state index >= 15 is 0 Å². The molecule has 0 saturated carbocycles. The number of H-pyrrole nitrogens is 1. The molecule has 3 rings (SSSR count). The van der Waals surface area contributed by atoms with Crippen LogP contribution in [0.15, 0.2) is 42.7 Å². The van der Waals surface area contributed by atoms with Gasteiger partial charge in [0.25, 0.3) is 0 Å². The minimum Gasteiger partial charge on any atom is -0.329 e. The zero-order valence-electron chi connectivity index (χ0n) is 10.00. The van der Waals surface area contributed by atoms with Gasteiger partial charge in [0.05, 0.1) is 35.4 Å². The molecule has 0 aliphatic heterocycles. The number of aromatic nitrogens is 3. The highest BCUT2D eigenvalue weighted by Gasteiger charge is 2.05. The van der Waals surface area contributed by atoms with E-state index in [0.717, 1.165) is 16.6 Å². The second-order valence-electron chi connectivity index (χ2n) is 4.22. The van der Waals surface area contributed by atoms with Crippen LogP contribution in [0.3, 0.4) is 0 Å². The monoisotopic (exact) mass is 266 g/mol. The van der Waals surface area contributed by atoms with Crippen LogP contribution >= 0.6 is 12.2 Å². The summed E-state index contributed by atoms with van der Waals surface area (Å²) in [5.74, 6) is 0. The Bertz CT molecular complexity index is 838. The number of fused-ring (bicyclic) bond motifs is 1. The summed E-state index contributed by atoms with van der Waals surface area (Å²) in [7, 11) is 0. The van der Waals surface area contributed by atoms with Gasteiger partial charge in [-0.2, -0.15) is 5.26 Å². The van der Waals surface area contributed by atoms with Gasteiger partial charge in [-0.3, -0.25) is 4.98 Å². The van der Waals surface area contributed by atoms with Crippen molar-refractivity contribution in [1.82, 2.24) is 14.5 Å². The number of pyridine rings is 1. The summed E-state index contributed by atoms with van der Waals surface area (Å²) >= 11 is 5.33. The van der Waals surface area contributed by atoms with Crippen molar-refractivity contribution in [1.29, 1.82) is 5.26 Å². The Morgan fingerprint density at radius 3 is 3.11 bits per heavy atom. The predicted molar refractivity (Wildman–Crippen MR) is 75.2 cm³/mol. The van der Waals surface area contributed by atoms with E-state index in [0.29, 0.717) is 16.9 Å². The van der Waals surface area contributed by atoms with Gasteiger partial charge in [-0.05, 0) is 36.0 Å². The molecular weight excluding hydrogens is 256 g/mol. The van der Waals surface area contributed by atoms with Crippen molar-refractivity contribution in [2.45, 2.75) is 6.54 Å². The molecule has 0 unspecified atom stereocenters. The quantitative estimate of drug-likeness (QED) is 0.725. The summed E-state index contributed by atoms with van der Waals surface area (Å²) in [6, 6.07) is 11.6. The van der Waals surface area contributed by atoms with Crippen molar-refractivity contribution < 1.29 is 0 Å². The van der Waals surface area contributed by atoms with Gasteiger partial charge in [-0.15, -0.1) is 0 Å². The molecule has 0 spiro atoms. The van der Waals surface area contributed by atoms with E-state index in [1.807, 2.05) is 28.8 Å². The Hall–Kier alpha value is -2.45. The molecule has 0 aliphatic carbocycles. The van der Waals surface area contributed by atoms with Crippen molar-refractivity contribution in [3.8, 4) is 6.07 Å². The SMILES string of the molecule is N#Cc1cccc(Cn2c(=S)[nH]c3cnccc32)c1. The van der Waals surface area contributed by atoms with Gasteiger partial charge in [0, 0.05) is 6.20 Å². The van der Waals surface area contributed by atoms with Crippen LogP contribution in [0.4, 0.5) is 0 Å². The van der Waals surface area contributed by atoms with Gasteiger partial charge >= 0.3 is 0 Å². The van der Waals surface area contributed by atoms with Gasteiger partial charge in [0.1, 0.15) is 0 Å². The molecule has 4 nitrogen and oxygen atoms in total. The van der Waals surface area contributed by atoms with E-state index < -0.39 is 0 Å². The zero-order valence-corrected chi connectivity index (χ0v) is 10.8. The summed E-state index contributed by atoms with van der Waals surface area (Å²) in [5.41, 5.74) is 3.64. The van der Waals surface area contributed by atoms with Gasteiger partial charge in [-0.25, -0.2) is 0 Å². The van der Waals surface area contributed by atoms with Gasteiger partial charge in [0.15, 0.2) is 4.77 Å². The first-order valence-corrected chi connectivity index (χ1v) is 6.20. The lowest BCUT2D eigenvalue weighted by molar-refractivity contribution is 0.810. The van der Waals surface area contributed by atoms with Crippen LogP contribution in [0.1, 0.15) is 11.1 Å². The average Bonchev–Trinajstić information content (AvgIpc) is 2.76. The summed E-state index contributed by atoms with van der Waals surface area (Å²) < 4.78 is 2.66. The molecule has 0 radical (unpaired) electrons. The van der Waals surface area contributed by atoms with Crippen molar-refractivity contribution in [2.75, 3.05) is 0 Å². The van der Waals surface area contributed by atoms with E-state index in [2.05, 4.69) is 16.0 Å². The topological polar surface area (TPSA) is 57.4 Å². The number of aromatic amines is 1. The molecule has 3 aromatic rings. The minimum atomic E-state index is 0.637. The molecule has 92 valence electrons. The zero-order chi connectivity index (χ0) is 13.2. The number of rotatable bonds is 2. The Labute approximate surface area is 115 Å². The van der Waals surface area contributed by atoms with Crippen LogP contribution in [0, 0.1) is 16.1 Å². The van der Waals surface area contributed by atoms with Crippen LogP contribution in [0.5, 0.6) is 0 Å². The lowest BCUT2D eigenvalue weighted by Gasteiger charge is -2.05. The fourth-order valence-corrected chi connectivity index (χ4v) is 2.36. The second-order valence-corrected chi connectivity index (χ2v) is 4.61. The molecule has 0 bridgehead atoms. The summed E-state index contributed by atoms with van der Waals surface area (Å²) in [6.07, 6.45) is 3.50. The van der Waals surface area contributed by atoms with E-state index in [-0.39, 0.29) is 0 Å². The first kappa shape index (κ1) is 11.6. The molecule has 0 amide bonds. The number of nitriles is 1. The third kappa shape index (κ3) is 2.14. The van der Waals surface area contributed by atoms with Gasteiger partial charge in [0.2, 0.25) is 0 Å². The molecule has 0 aliphatic rings. The van der Waals surface area contributed by atoms with Crippen LogP contribution in [-0.4, -0.2) is 14.5 Å². The Morgan fingerprint density at radius 2 is 2.26 bits per heavy atom. The normalized spacial score (nSPS) is 10.5. The van der Waals surface area contributed by atoms with Crippen molar-refractivity contribution in [3.63, 3.8) is 0 Å². The van der Waals surface area contributed by atoms with E-state index in [1.54, 1.807) is 18.5 Å². The van der Waals surface area contributed by atoms with Gasteiger partial charge < -0.3 is 9.55 Å². The molecule has 19 heavy (non-hydrogen) atoms. The second kappa shape index (κ2) is 4.67. The molecule has 1 aromatic carbocycles. The Morgan fingerprint density at radius 1 is 1.37 bits per heavy atom. The summed E-state index contributed by atoms with van der Waals surface area (Å²) in [4.78, 5) is 7.19. The maximum atomic E-state index is 8.92. The molecule has 0 fully saturated rings. The van der Waals surface area contributed by atoms with Crippen molar-refractivity contribution >= 4 is 23.3 Å². The number of hydrogen-bond acceptors (Lipinski definition) is 3. The smallest absolute Gasteiger partial charge is 0.178 e. The van der Waals surface area contributed by atoms with Gasteiger partial charge in [-0.1, -0.05) is 12.1 Å². The van der Waals surface area contributed by atoms with E-state index in [9.17, 15) is 0 Å². The largest absolute Gasteiger partial charge is 0.329 e. The Balaban J connectivity index is 2.08. The number of imidazole rings is 1. The summed E-state index contributed by atoms with van der Waals surface area (Å²) in [6.45, 7) is 0.637. The average molecular weight is 266 g/mol. The van der Waals surface area contributed by atoms with Crippen LogP contribution < -0.4 is 0 Å². The number of nitrogens with one attached hydrogen (secondary N) is 1. The Kier molecular flexibility index (Phi) is 2.86. The van der Waals surface area contributed by atoms with Crippen molar-refractivity contribution in [3.05, 3.63) is 58.6 Å². The highest BCUT2D eigenvalue weighted by Crippen LogP contribution is 2.15. The maximum absolute atomic E-state index is 8.92. The number of hydrogen-bond donors (Lipinski definition) is 1. The lowest BCUT2D eigenvalue weighted by Crippen LogP contribution is -1.99. The molecule has 0 atom stereocenters. The molecular formula is C14H10N4S. The first-order chi connectivity index (χ1) is 9.28. The lowest BCUT2D eigenvalue weighted by atomic mass is 10.1. The highest BCUT2D eigenvalue weighted by molar-refractivity contribution is 7.71. The molecule has 0 saturated heterocycles. The maximum Gasteiger partial charge on any atom is 0.178 e. The minimum absolute atomic E-state index is 0.637.